The lowest BCUT2D eigenvalue weighted by molar-refractivity contribution is -0.136. The van der Waals surface area contributed by atoms with E-state index in [-0.39, 0.29) is 17.8 Å². The van der Waals surface area contributed by atoms with Crippen LogP contribution in [0.25, 0.3) is 27.9 Å². The lowest BCUT2D eigenvalue weighted by atomic mass is 9.92. The van der Waals surface area contributed by atoms with E-state index >= 15 is 4.39 Å². The van der Waals surface area contributed by atoms with E-state index in [2.05, 4.69) is 25.7 Å². The van der Waals surface area contributed by atoms with Gasteiger partial charge in [-0.15, -0.1) is 0 Å². The van der Waals surface area contributed by atoms with Gasteiger partial charge in [0.15, 0.2) is 0 Å². The van der Waals surface area contributed by atoms with Crippen molar-refractivity contribution in [3.63, 3.8) is 0 Å². The molecule has 1 N–H and O–H groups in total. The van der Waals surface area contributed by atoms with Crippen LogP contribution < -0.4 is 9.64 Å². The van der Waals surface area contributed by atoms with Gasteiger partial charge in [0, 0.05) is 31.5 Å². The standard InChI is InChI=1S/C36H44FN3O4/c1-6-8-19-43-31-13-12-24(3)34(37)33(31)27-11-9-10-26(20-27)29-22-30-35(28(21-32(41)42)25(4)23-40(30)38-29)39-16-14-36(5,15-17-39)44-18-7-2/h9-13,20,22-23H,6-8,14-19,21H2,1-5H3,(H,41,42). The summed E-state index contributed by atoms with van der Waals surface area (Å²) in [4.78, 5) is 14.3. The number of carbonyl (C=O) groups is 1. The number of aromatic nitrogens is 2. The molecule has 234 valence electrons. The fourth-order valence-corrected chi connectivity index (χ4v) is 6.05. The molecule has 7 nitrogen and oxygen atoms in total. The molecule has 0 bridgehead atoms. The highest BCUT2D eigenvalue weighted by Crippen LogP contribution is 2.39. The van der Waals surface area contributed by atoms with Gasteiger partial charge >= 0.3 is 5.97 Å². The Morgan fingerprint density at radius 1 is 1.02 bits per heavy atom. The number of hydrogen-bond donors (Lipinski definition) is 1. The SMILES string of the molecule is CCCCOc1ccc(C)c(F)c1-c1cccc(-c2cc3c(N4CCC(C)(OCCC)CC4)c(CC(=O)O)c(C)cn3n2)c1. The fourth-order valence-electron chi connectivity index (χ4n) is 6.05. The van der Waals surface area contributed by atoms with Crippen LogP contribution in [-0.2, 0) is 16.0 Å². The van der Waals surface area contributed by atoms with Crippen LogP contribution in [0.5, 0.6) is 5.75 Å². The van der Waals surface area contributed by atoms with Crippen molar-refractivity contribution in [2.24, 2.45) is 0 Å². The molecule has 2 aromatic heterocycles. The second-order valence-corrected chi connectivity index (χ2v) is 12.2. The first-order valence-electron chi connectivity index (χ1n) is 15.8. The van der Waals surface area contributed by atoms with Crippen molar-refractivity contribution in [2.45, 2.75) is 78.7 Å². The number of aliphatic carboxylic acids is 1. The molecule has 1 aliphatic heterocycles. The van der Waals surface area contributed by atoms with E-state index in [0.717, 1.165) is 91.0 Å². The summed E-state index contributed by atoms with van der Waals surface area (Å²) in [5, 5.41) is 14.8. The minimum absolute atomic E-state index is 0.0682. The topological polar surface area (TPSA) is 76.3 Å². The molecule has 8 heteroatoms. The lowest BCUT2D eigenvalue weighted by Crippen LogP contribution is -2.45. The molecule has 0 aliphatic carbocycles. The number of hydrogen-bond acceptors (Lipinski definition) is 5. The predicted molar refractivity (Wildman–Crippen MR) is 173 cm³/mol. The molecule has 1 saturated heterocycles. The van der Waals surface area contributed by atoms with E-state index < -0.39 is 5.97 Å². The molecule has 0 atom stereocenters. The van der Waals surface area contributed by atoms with Gasteiger partial charge in [-0.1, -0.05) is 44.5 Å². The first kappa shape index (κ1) is 31.5. The van der Waals surface area contributed by atoms with Crippen molar-refractivity contribution in [1.82, 2.24) is 9.61 Å². The Hall–Kier alpha value is -3.91. The van der Waals surface area contributed by atoms with Gasteiger partial charge in [0.2, 0.25) is 0 Å². The number of anilines is 1. The van der Waals surface area contributed by atoms with Crippen molar-refractivity contribution in [1.29, 1.82) is 0 Å². The van der Waals surface area contributed by atoms with Gasteiger partial charge in [-0.2, -0.15) is 5.10 Å². The van der Waals surface area contributed by atoms with Crippen LogP contribution in [0.1, 0.15) is 69.6 Å². The Balaban J connectivity index is 1.56. The maximum Gasteiger partial charge on any atom is 0.307 e. The monoisotopic (exact) mass is 601 g/mol. The highest BCUT2D eigenvalue weighted by molar-refractivity contribution is 5.86. The smallest absolute Gasteiger partial charge is 0.307 e. The number of ether oxygens (including phenoxy) is 2. The van der Waals surface area contributed by atoms with Gasteiger partial charge in [0.25, 0.3) is 0 Å². The molecule has 3 heterocycles. The summed E-state index contributed by atoms with van der Waals surface area (Å²) >= 11 is 0. The quantitative estimate of drug-likeness (QED) is 0.166. The zero-order valence-corrected chi connectivity index (χ0v) is 26.6. The minimum atomic E-state index is -0.864. The molecule has 0 spiro atoms. The highest BCUT2D eigenvalue weighted by Gasteiger charge is 2.33. The van der Waals surface area contributed by atoms with Crippen molar-refractivity contribution in [3.8, 4) is 28.1 Å². The molecule has 44 heavy (non-hydrogen) atoms. The van der Waals surface area contributed by atoms with Gasteiger partial charge in [-0.05, 0) is 86.9 Å². The molecular weight excluding hydrogens is 557 g/mol. The maximum absolute atomic E-state index is 15.6. The molecule has 2 aromatic carbocycles. The van der Waals surface area contributed by atoms with Crippen LogP contribution in [0.4, 0.5) is 10.1 Å². The summed E-state index contributed by atoms with van der Waals surface area (Å²) in [6.45, 7) is 12.9. The number of rotatable bonds is 12. The average Bonchev–Trinajstić information content (AvgIpc) is 3.42. The number of pyridine rings is 1. The molecule has 0 amide bonds. The van der Waals surface area contributed by atoms with E-state index in [1.807, 2.05) is 54.0 Å². The average molecular weight is 602 g/mol. The number of aryl methyl sites for hydroxylation is 2. The highest BCUT2D eigenvalue weighted by atomic mass is 19.1. The summed E-state index contributed by atoms with van der Waals surface area (Å²) in [5.74, 6) is -0.622. The number of carboxylic acid groups (broad SMARTS) is 1. The third-order valence-corrected chi connectivity index (χ3v) is 8.68. The summed E-state index contributed by atoms with van der Waals surface area (Å²) in [5.41, 5.74) is 6.57. The van der Waals surface area contributed by atoms with E-state index in [1.165, 1.54) is 0 Å². The fraction of sp³-hybridized carbons (Fsp3) is 0.444. The number of fused-ring (bicyclic) bond motifs is 1. The van der Waals surface area contributed by atoms with E-state index in [1.54, 1.807) is 13.0 Å². The summed E-state index contributed by atoms with van der Waals surface area (Å²) < 4.78 is 29.6. The minimum Gasteiger partial charge on any atom is -0.493 e. The molecule has 0 unspecified atom stereocenters. The number of nitrogens with zero attached hydrogens (tertiary/aromatic N) is 3. The van der Waals surface area contributed by atoms with Crippen molar-refractivity contribution < 1.29 is 23.8 Å². The van der Waals surface area contributed by atoms with Gasteiger partial charge in [-0.3, -0.25) is 4.79 Å². The van der Waals surface area contributed by atoms with Crippen LogP contribution >= 0.6 is 0 Å². The van der Waals surface area contributed by atoms with Gasteiger partial charge in [0.1, 0.15) is 11.6 Å². The van der Waals surface area contributed by atoms with Crippen LogP contribution in [0.2, 0.25) is 0 Å². The summed E-state index contributed by atoms with van der Waals surface area (Å²) in [7, 11) is 0. The van der Waals surface area contributed by atoms with Gasteiger partial charge in [0.05, 0.1) is 41.1 Å². The second kappa shape index (κ2) is 13.4. The predicted octanol–water partition coefficient (Wildman–Crippen LogP) is 8.02. The molecular formula is C36H44FN3O4. The third kappa shape index (κ3) is 6.60. The number of benzene rings is 2. The largest absolute Gasteiger partial charge is 0.493 e. The van der Waals surface area contributed by atoms with Crippen molar-refractivity contribution >= 4 is 17.2 Å². The molecule has 5 rings (SSSR count). The zero-order chi connectivity index (χ0) is 31.4. The third-order valence-electron chi connectivity index (χ3n) is 8.68. The van der Waals surface area contributed by atoms with Crippen LogP contribution in [0.3, 0.4) is 0 Å². The Bertz CT molecular complexity index is 1640. The van der Waals surface area contributed by atoms with Crippen LogP contribution in [0, 0.1) is 19.7 Å². The Morgan fingerprint density at radius 2 is 1.77 bits per heavy atom. The van der Waals surface area contributed by atoms with E-state index in [0.29, 0.717) is 23.5 Å². The molecule has 1 fully saturated rings. The van der Waals surface area contributed by atoms with E-state index in [4.69, 9.17) is 14.6 Å². The van der Waals surface area contributed by atoms with Crippen LogP contribution in [-0.4, -0.2) is 52.6 Å². The molecule has 0 radical (unpaired) electrons. The lowest BCUT2D eigenvalue weighted by Gasteiger charge is -2.41. The zero-order valence-electron chi connectivity index (χ0n) is 26.6. The second-order valence-electron chi connectivity index (χ2n) is 12.2. The molecule has 1 aliphatic rings. The van der Waals surface area contributed by atoms with Gasteiger partial charge < -0.3 is 19.5 Å². The Morgan fingerprint density at radius 3 is 2.48 bits per heavy atom. The first-order chi connectivity index (χ1) is 21.1. The number of carboxylic acids is 1. The Labute approximate surface area is 259 Å². The number of halogens is 1. The van der Waals surface area contributed by atoms with Crippen LogP contribution in [0.15, 0.2) is 48.7 Å². The normalized spacial score (nSPS) is 14.7. The molecule has 4 aromatic rings. The summed E-state index contributed by atoms with van der Waals surface area (Å²) in [6, 6.07) is 13.4. The number of unbranched alkanes of at least 4 members (excludes halogenated alkanes) is 1. The van der Waals surface area contributed by atoms with Crippen molar-refractivity contribution in [3.05, 3.63) is 71.2 Å². The van der Waals surface area contributed by atoms with Crippen molar-refractivity contribution in [2.75, 3.05) is 31.2 Å². The summed E-state index contributed by atoms with van der Waals surface area (Å²) in [6.07, 6.45) is 6.41. The maximum atomic E-state index is 15.6. The first-order valence-corrected chi connectivity index (χ1v) is 15.8. The molecule has 0 saturated carbocycles. The Kier molecular flexibility index (Phi) is 9.59. The van der Waals surface area contributed by atoms with Gasteiger partial charge in [-0.25, -0.2) is 8.91 Å². The number of piperidine rings is 1. The van der Waals surface area contributed by atoms with E-state index in [9.17, 15) is 9.90 Å².